The highest BCUT2D eigenvalue weighted by molar-refractivity contribution is 5.79. The number of nitrogens with two attached hydrogens (primary N) is 1. The van der Waals surface area contributed by atoms with Gasteiger partial charge in [-0.05, 0) is 5.92 Å². The van der Waals surface area contributed by atoms with Gasteiger partial charge in [0.2, 0.25) is 0 Å². The van der Waals surface area contributed by atoms with E-state index >= 15 is 0 Å². The van der Waals surface area contributed by atoms with Gasteiger partial charge in [-0.15, -0.1) is 0 Å². The van der Waals surface area contributed by atoms with Gasteiger partial charge < -0.3 is 5.32 Å². The Hall–Kier alpha value is -0.370. The van der Waals surface area contributed by atoms with Crippen LogP contribution in [0, 0.1) is 13.0 Å². The zero-order chi connectivity index (χ0) is 7.98. The summed E-state index contributed by atoms with van der Waals surface area (Å²) in [5.74, 6) is 0.844. The Kier molecular flexibility index (Phi) is 5.22. The van der Waals surface area contributed by atoms with Gasteiger partial charge in [0.1, 0.15) is 6.54 Å². The molecule has 0 amide bonds. The molecule has 60 valence electrons. The van der Waals surface area contributed by atoms with Crippen LogP contribution in [0.1, 0.15) is 26.7 Å². The van der Waals surface area contributed by atoms with E-state index in [2.05, 4.69) is 20.9 Å². The predicted molar refractivity (Wildman–Crippen MR) is 41.2 cm³/mol. The average Bonchev–Trinajstić information content (AvgIpc) is 1.88. The Balaban J connectivity index is 3.37. The van der Waals surface area contributed by atoms with Crippen LogP contribution in [0.5, 0.6) is 0 Å². The van der Waals surface area contributed by atoms with Crippen molar-refractivity contribution in [1.29, 1.82) is 0 Å². The minimum absolute atomic E-state index is 0.310. The average molecular weight is 143 g/mol. The number of rotatable bonds is 5. The van der Waals surface area contributed by atoms with Crippen molar-refractivity contribution in [3.8, 4) is 0 Å². The first-order valence-corrected chi connectivity index (χ1v) is 3.83. The molecule has 0 rings (SSSR count). The number of hydrogen-bond donors (Lipinski definition) is 1. The molecule has 2 nitrogen and oxygen atoms in total. The topological polar surface area (TPSA) is 33.7 Å². The Bertz CT molecular complexity index is 101. The number of Topliss-reactive ketones (excluding diaryl/α,β-unsaturated/α-hetero) is 1. The lowest BCUT2D eigenvalue weighted by molar-refractivity contribution is -0.583. The van der Waals surface area contributed by atoms with Crippen LogP contribution in [0.4, 0.5) is 0 Å². The fourth-order valence-corrected chi connectivity index (χ4v) is 0.777. The second-order valence-electron chi connectivity index (χ2n) is 2.75. The molecule has 0 aliphatic carbocycles. The normalized spacial score (nSPS) is 13.1. The maximum atomic E-state index is 10.9. The van der Waals surface area contributed by atoms with Crippen LogP contribution in [-0.2, 0) is 4.79 Å². The van der Waals surface area contributed by atoms with E-state index < -0.39 is 0 Å². The summed E-state index contributed by atoms with van der Waals surface area (Å²) in [6, 6.07) is 0. The van der Waals surface area contributed by atoms with Crippen molar-refractivity contribution in [2.24, 2.45) is 5.92 Å². The molecule has 0 saturated heterocycles. The molecule has 0 saturated carbocycles. The minimum Gasteiger partial charge on any atom is -0.473 e. The van der Waals surface area contributed by atoms with Crippen LogP contribution in [0.3, 0.4) is 0 Å². The standard InChI is InChI=1S/C8H17NO/c1-4-7(2)5-8(10)6-9-3/h7H,3-6,9H2,1-2H3. The van der Waals surface area contributed by atoms with E-state index in [4.69, 9.17) is 0 Å². The van der Waals surface area contributed by atoms with E-state index in [0.717, 1.165) is 6.42 Å². The van der Waals surface area contributed by atoms with Gasteiger partial charge in [-0.3, -0.25) is 4.79 Å². The SMILES string of the molecule is [CH2-][NH2+]CC(=O)CC(C)CC. The Morgan fingerprint density at radius 1 is 1.70 bits per heavy atom. The van der Waals surface area contributed by atoms with E-state index in [9.17, 15) is 4.79 Å². The van der Waals surface area contributed by atoms with Crippen molar-refractivity contribution in [3.63, 3.8) is 0 Å². The van der Waals surface area contributed by atoms with Crippen molar-refractivity contribution >= 4 is 5.78 Å². The van der Waals surface area contributed by atoms with Gasteiger partial charge in [-0.25, -0.2) is 0 Å². The smallest absolute Gasteiger partial charge is 0.184 e. The molecular weight excluding hydrogens is 126 g/mol. The van der Waals surface area contributed by atoms with Crippen LogP contribution in [0.2, 0.25) is 0 Å². The number of ketones is 1. The molecule has 0 radical (unpaired) electrons. The molecule has 0 spiro atoms. The van der Waals surface area contributed by atoms with Gasteiger partial charge in [0, 0.05) is 6.42 Å². The van der Waals surface area contributed by atoms with Crippen molar-refractivity contribution in [2.75, 3.05) is 6.54 Å². The summed E-state index contributed by atoms with van der Waals surface area (Å²) < 4.78 is 0. The molecule has 2 N–H and O–H groups in total. The molecule has 0 aliphatic rings. The number of hydrogen-bond acceptors (Lipinski definition) is 1. The van der Waals surface area contributed by atoms with E-state index in [1.165, 1.54) is 0 Å². The summed E-state index contributed by atoms with van der Waals surface area (Å²) in [6.45, 7) is 4.73. The summed E-state index contributed by atoms with van der Waals surface area (Å²) >= 11 is 0. The van der Waals surface area contributed by atoms with Gasteiger partial charge in [-0.1, -0.05) is 20.3 Å². The van der Waals surface area contributed by atoms with Gasteiger partial charge in [-0.2, -0.15) is 7.05 Å². The molecular formula is C8H17NO. The zero-order valence-electron chi connectivity index (χ0n) is 6.89. The van der Waals surface area contributed by atoms with Crippen molar-refractivity contribution in [3.05, 3.63) is 7.05 Å². The van der Waals surface area contributed by atoms with Gasteiger partial charge in [0.25, 0.3) is 0 Å². The highest BCUT2D eigenvalue weighted by atomic mass is 16.1. The zero-order valence-corrected chi connectivity index (χ0v) is 6.89. The van der Waals surface area contributed by atoms with Crippen molar-refractivity contribution in [2.45, 2.75) is 26.7 Å². The lowest BCUT2D eigenvalue weighted by Gasteiger charge is -2.05. The third kappa shape index (κ3) is 4.50. The van der Waals surface area contributed by atoms with Crippen molar-refractivity contribution in [1.82, 2.24) is 0 Å². The lowest BCUT2D eigenvalue weighted by Crippen LogP contribution is -2.78. The summed E-state index contributed by atoms with van der Waals surface area (Å²) in [5.41, 5.74) is 0. The summed E-state index contributed by atoms with van der Waals surface area (Å²) in [5, 5.41) is 1.67. The Labute approximate surface area is 63.0 Å². The molecule has 0 aromatic heterocycles. The third-order valence-corrected chi connectivity index (χ3v) is 1.65. The van der Waals surface area contributed by atoms with E-state index in [-0.39, 0.29) is 0 Å². The maximum Gasteiger partial charge on any atom is 0.184 e. The highest BCUT2D eigenvalue weighted by Crippen LogP contribution is 2.05. The maximum absolute atomic E-state index is 10.9. The molecule has 0 aliphatic heterocycles. The van der Waals surface area contributed by atoms with Crippen LogP contribution in [0.15, 0.2) is 0 Å². The molecule has 0 fully saturated rings. The fraction of sp³-hybridized carbons (Fsp3) is 0.750. The van der Waals surface area contributed by atoms with Crippen LogP contribution in [-0.4, -0.2) is 12.3 Å². The molecule has 0 heterocycles. The lowest BCUT2D eigenvalue weighted by atomic mass is 10.0. The summed E-state index contributed by atoms with van der Waals surface area (Å²) in [7, 11) is 3.51. The first-order valence-electron chi connectivity index (χ1n) is 3.83. The minimum atomic E-state index is 0.310. The van der Waals surface area contributed by atoms with E-state index in [1.807, 2.05) is 0 Å². The molecule has 0 aromatic rings. The van der Waals surface area contributed by atoms with Crippen LogP contribution >= 0.6 is 0 Å². The first-order chi connectivity index (χ1) is 4.70. The number of quaternary nitrogens is 1. The molecule has 10 heavy (non-hydrogen) atoms. The van der Waals surface area contributed by atoms with Gasteiger partial charge >= 0.3 is 0 Å². The number of carbonyl (C=O) groups is 1. The Morgan fingerprint density at radius 3 is 2.70 bits per heavy atom. The Morgan fingerprint density at radius 2 is 2.30 bits per heavy atom. The van der Waals surface area contributed by atoms with Crippen molar-refractivity contribution < 1.29 is 10.1 Å². The molecule has 2 heteroatoms. The monoisotopic (exact) mass is 143 g/mol. The quantitative estimate of drug-likeness (QED) is 0.553. The van der Waals surface area contributed by atoms with Crippen LogP contribution < -0.4 is 5.32 Å². The second-order valence-corrected chi connectivity index (χ2v) is 2.75. The number of carbonyl (C=O) groups excluding carboxylic acids is 1. The molecule has 0 bridgehead atoms. The molecule has 1 unspecified atom stereocenters. The van der Waals surface area contributed by atoms with Gasteiger partial charge in [0.05, 0.1) is 0 Å². The predicted octanol–water partition coefficient (Wildman–Crippen LogP) is 0.347. The second kappa shape index (κ2) is 5.42. The summed E-state index contributed by atoms with van der Waals surface area (Å²) in [4.78, 5) is 10.9. The van der Waals surface area contributed by atoms with Crippen LogP contribution in [0.25, 0.3) is 0 Å². The highest BCUT2D eigenvalue weighted by Gasteiger charge is 2.05. The molecule has 1 atom stereocenters. The van der Waals surface area contributed by atoms with Gasteiger partial charge in [0.15, 0.2) is 5.78 Å². The van der Waals surface area contributed by atoms with E-state index in [1.54, 1.807) is 5.32 Å². The first kappa shape index (κ1) is 9.63. The van der Waals surface area contributed by atoms with E-state index in [0.29, 0.717) is 24.7 Å². The summed E-state index contributed by atoms with van der Waals surface area (Å²) in [6.07, 6.45) is 1.80. The fourth-order valence-electron chi connectivity index (χ4n) is 0.777. The molecule has 0 aromatic carbocycles. The largest absolute Gasteiger partial charge is 0.473 e. The third-order valence-electron chi connectivity index (χ3n) is 1.65.